The zero-order chi connectivity index (χ0) is 17.1. The number of carbonyl (C=O) groups is 1. The zero-order valence-corrected chi connectivity index (χ0v) is 12.3. The van der Waals surface area contributed by atoms with Crippen LogP contribution in [0.2, 0.25) is 0 Å². The minimum Gasteiger partial charge on any atom is -0.444 e. The van der Waals surface area contributed by atoms with E-state index in [4.69, 9.17) is 19.8 Å². The molecular weight excluding hydrogens is 321 g/mol. The van der Waals surface area contributed by atoms with Gasteiger partial charge in [0.25, 0.3) is 0 Å². The number of oxazole rings is 1. The van der Waals surface area contributed by atoms with Crippen molar-refractivity contribution in [3.8, 4) is 11.5 Å². The number of azide groups is 1. The molecule has 10 heteroatoms. The molecule has 1 aliphatic heterocycles. The molecule has 9 nitrogen and oxygen atoms in total. The molecule has 1 aromatic heterocycles. The van der Waals surface area contributed by atoms with Crippen LogP contribution in [-0.2, 0) is 11.3 Å². The van der Waals surface area contributed by atoms with Gasteiger partial charge in [-0.05, 0) is 23.7 Å². The van der Waals surface area contributed by atoms with Crippen molar-refractivity contribution in [1.82, 2.24) is 4.98 Å². The van der Waals surface area contributed by atoms with Crippen molar-refractivity contribution in [3.63, 3.8) is 0 Å². The molecule has 1 saturated heterocycles. The van der Waals surface area contributed by atoms with E-state index in [2.05, 4.69) is 15.0 Å². The van der Waals surface area contributed by atoms with Crippen LogP contribution in [0.25, 0.3) is 21.9 Å². The van der Waals surface area contributed by atoms with Crippen LogP contribution in [0.1, 0.15) is 5.69 Å². The number of aromatic nitrogens is 1. The first-order chi connectivity index (χ1) is 11.6. The van der Waals surface area contributed by atoms with Crippen LogP contribution in [0, 0.1) is 5.82 Å². The highest BCUT2D eigenvalue weighted by Gasteiger charge is 2.32. The molecule has 2 heterocycles. The quantitative estimate of drug-likeness (QED) is 0.511. The number of aliphatic hydroxyl groups excluding tert-OH is 1. The fourth-order valence-electron chi connectivity index (χ4n) is 2.30. The molecule has 1 unspecified atom stereocenters. The Balaban J connectivity index is 1.82. The highest BCUT2D eigenvalue weighted by atomic mass is 19.1. The summed E-state index contributed by atoms with van der Waals surface area (Å²) < 4.78 is 24.5. The van der Waals surface area contributed by atoms with Crippen LogP contribution in [0.4, 0.5) is 14.9 Å². The summed E-state index contributed by atoms with van der Waals surface area (Å²) in [4.78, 5) is 19.6. The van der Waals surface area contributed by atoms with Gasteiger partial charge in [0.2, 0.25) is 5.89 Å². The Labute approximate surface area is 134 Å². The van der Waals surface area contributed by atoms with E-state index in [0.29, 0.717) is 5.69 Å². The lowest BCUT2D eigenvalue weighted by atomic mass is 10.1. The van der Waals surface area contributed by atoms with E-state index in [0.717, 1.165) is 6.07 Å². The van der Waals surface area contributed by atoms with E-state index in [-0.39, 0.29) is 36.8 Å². The lowest BCUT2D eigenvalue weighted by Gasteiger charge is -2.13. The topological polar surface area (TPSA) is 125 Å². The standard InChI is InChI=1S/C14H12FN5O4/c15-12-3-9(20-5-10(4-17-19-16)24-14(20)22)1-2-11(12)13-18-8(6-21)7-23-13/h1-3,7,10,21H,4-6H2. The molecule has 1 amide bonds. The third-order valence-corrected chi connectivity index (χ3v) is 3.43. The Morgan fingerprint density at radius 1 is 1.54 bits per heavy atom. The number of cyclic esters (lactones) is 1. The van der Waals surface area contributed by atoms with Gasteiger partial charge in [-0.25, -0.2) is 14.2 Å². The number of carbonyl (C=O) groups excluding carboxylic acids is 1. The number of nitrogens with zero attached hydrogens (tertiary/aromatic N) is 5. The average molecular weight is 333 g/mol. The molecule has 1 atom stereocenters. The molecule has 0 saturated carbocycles. The molecule has 0 radical (unpaired) electrons. The van der Waals surface area contributed by atoms with Gasteiger partial charge in [-0.3, -0.25) is 4.90 Å². The van der Waals surface area contributed by atoms with E-state index in [1.54, 1.807) is 0 Å². The SMILES string of the molecule is [N-]=[N+]=NCC1CN(c2ccc(-c3nc(CO)co3)c(F)c2)C(=O)O1. The zero-order valence-electron chi connectivity index (χ0n) is 12.3. The van der Waals surface area contributed by atoms with Crippen LogP contribution >= 0.6 is 0 Å². The maximum absolute atomic E-state index is 14.3. The maximum Gasteiger partial charge on any atom is 0.414 e. The third-order valence-electron chi connectivity index (χ3n) is 3.43. The summed E-state index contributed by atoms with van der Waals surface area (Å²) in [7, 11) is 0. The molecule has 1 N–H and O–H groups in total. The van der Waals surface area contributed by atoms with Crippen LogP contribution in [-0.4, -0.2) is 35.4 Å². The third kappa shape index (κ3) is 3.00. The Bertz CT molecular complexity index is 817. The molecule has 3 rings (SSSR count). The largest absolute Gasteiger partial charge is 0.444 e. The van der Waals surface area contributed by atoms with Gasteiger partial charge in [0.05, 0.1) is 30.9 Å². The van der Waals surface area contributed by atoms with Crippen LogP contribution in [0.15, 0.2) is 34.0 Å². The molecule has 0 spiro atoms. The van der Waals surface area contributed by atoms with Crippen molar-refractivity contribution >= 4 is 11.8 Å². The fraction of sp³-hybridized carbons (Fsp3) is 0.286. The number of anilines is 1. The molecule has 0 aliphatic carbocycles. The smallest absolute Gasteiger partial charge is 0.414 e. The highest BCUT2D eigenvalue weighted by Crippen LogP contribution is 2.28. The normalized spacial score (nSPS) is 16.8. The van der Waals surface area contributed by atoms with Gasteiger partial charge in [0, 0.05) is 4.91 Å². The molecular formula is C14H12FN5O4. The number of ether oxygens (including phenoxy) is 1. The molecule has 124 valence electrons. The Morgan fingerprint density at radius 3 is 3.04 bits per heavy atom. The summed E-state index contributed by atoms with van der Waals surface area (Å²) >= 11 is 0. The fourth-order valence-corrected chi connectivity index (χ4v) is 2.30. The van der Waals surface area contributed by atoms with Crippen molar-refractivity contribution in [1.29, 1.82) is 0 Å². The predicted octanol–water partition coefficient (Wildman–Crippen LogP) is 2.61. The van der Waals surface area contributed by atoms with Crippen LogP contribution < -0.4 is 4.90 Å². The lowest BCUT2D eigenvalue weighted by molar-refractivity contribution is 0.145. The van der Waals surface area contributed by atoms with E-state index in [1.165, 1.54) is 23.3 Å². The Morgan fingerprint density at radius 2 is 2.38 bits per heavy atom. The first-order valence-corrected chi connectivity index (χ1v) is 6.96. The van der Waals surface area contributed by atoms with Gasteiger partial charge in [-0.2, -0.15) is 0 Å². The summed E-state index contributed by atoms with van der Waals surface area (Å²) in [6.45, 7) is -0.140. The summed E-state index contributed by atoms with van der Waals surface area (Å²) in [5.74, 6) is -0.599. The van der Waals surface area contributed by atoms with Gasteiger partial charge in [-0.1, -0.05) is 5.11 Å². The molecule has 1 aromatic carbocycles. The molecule has 24 heavy (non-hydrogen) atoms. The van der Waals surface area contributed by atoms with Gasteiger partial charge in [-0.15, -0.1) is 0 Å². The van der Waals surface area contributed by atoms with Crippen LogP contribution in [0.5, 0.6) is 0 Å². The van der Waals surface area contributed by atoms with Gasteiger partial charge >= 0.3 is 6.09 Å². The number of hydrogen-bond donors (Lipinski definition) is 1. The monoisotopic (exact) mass is 333 g/mol. The lowest BCUT2D eigenvalue weighted by Crippen LogP contribution is -2.25. The summed E-state index contributed by atoms with van der Waals surface area (Å²) in [6, 6.07) is 4.11. The van der Waals surface area contributed by atoms with Crippen molar-refractivity contribution < 1.29 is 23.4 Å². The number of benzene rings is 1. The predicted molar refractivity (Wildman–Crippen MR) is 79.4 cm³/mol. The van der Waals surface area contributed by atoms with Crippen molar-refractivity contribution in [3.05, 3.63) is 46.4 Å². The van der Waals surface area contributed by atoms with Crippen molar-refractivity contribution in [2.75, 3.05) is 18.0 Å². The van der Waals surface area contributed by atoms with Crippen molar-refractivity contribution in [2.24, 2.45) is 5.11 Å². The van der Waals surface area contributed by atoms with E-state index >= 15 is 0 Å². The Kier molecular flexibility index (Phi) is 4.32. The first-order valence-electron chi connectivity index (χ1n) is 6.96. The number of halogens is 1. The molecule has 1 aliphatic rings. The molecule has 1 fully saturated rings. The minimum absolute atomic E-state index is 0.0135. The van der Waals surface area contributed by atoms with Gasteiger partial charge in [0.1, 0.15) is 23.9 Å². The van der Waals surface area contributed by atoms with E-state index in [1.807, 2.05) is 0 Å². The van der Waals surface area contributed by atoms with Crippen LogP contribution in [0.3, 0.4) is 0 Å². The van der Waals surface area contributed by atoms with E-state index < -0.39 is 18.0 Å². The number of rotatable bonds is 5. The summed E-state index contributed by atoms with van der Waals surface area (Å²) in [5, 5.41) is 12.3. The second kappa shape index (κ2) is 6.57. The second-order valence-electron chi connectivity index (χ2n) is 5.00. The Hall–Kier alpha value is -3.10. The number of hydrogen-bond acceptors (Lipinski definition) is 6. The van der Waals surface area contributed by atoms with Gasteiger partial charge < -0.3 is 14.3 Å². The van der Waals surface area contributed by atoms with E-state index in [9.17, 15) is 9.18 Å². The first kappa shape index (κ1) is 15.8. The molecule has 0 bridgehead atoms. The molecule has 2 aromatic rings. The maximum atomic E-state index is 14.3. The minimum atomic E-state index is -0.640. The summed E-state index contributed by atoms with van der Waals surface area (Å²) in [5.41, 5.74) is 9.00. The highest BCUT2D eigenvalue weighted by molar-refractivity contribution is 5.90. The van der Waals surface area contributed by atoms with Gasteiger partial charge in [0.15, 0.2) is 0 Å². The number of amides is 1. The summed E-state index contributed by atoms with van der Waals surface area (Å²) in [6.07, 6.45) is 0.0230. The average Bonchev–Trinajstić information content (AvgIpc) is 3.19. The van der Waals surface area contributed by atoms with Crippen molar-refractivity contribution in [2.45, 2.75) is 12.7 Å². The second-order valence-corrected chi connectivity index (χ2v) is 5.00. The number of aliphatic hydroxyl groups is 1.